The molecule has 0 aliphatic carbocycles. The fourth-order valence-corrected chi connectivity index (χ4v) is 6.04. The van der Waals surface area contributed by atoms with Crippen LogP contribution in [0.1, 0.15) is 22.3 Å². The molecule has 5 heteroatoms. The van der Waals surface area contributed by atoms with Crippen molar-refractivity contribution in [2.24, 2.45) is 0 Å². The molecule has 0 N–H and O–H groups in total. The molecule has 49 heavy (non-hydrogen) atoms. The molecule has 0 atom stereocenters. The van der Waals surface area contributed by atoms with Crippen molar-refractivity contribution in [3.05, 3.63) is 168 Å². The van der Waals surface area contributed by atoms with E-state index in [1.54, 1.807) is 6.20 Å². The van der Waals surface area contributed by atoms with E-state index in [-0.39, 0.29) is 20.1 Å². The third-order valence-corrected chi connectivity index (χ3v) is 8.35. The SMILES string of the molecule is Cc1cc(-c2cc(-c3ccccn3)[c-]cc2C)cc(-c2cc3ncc(C)cc3c3cc(C)cnc23)c1.[Ir].[c-]1ccccc1-c1ccccn1. The van der Waals surface area contributed by atoms with Gasteiger partial charge in [-0.05, 0) is 96.4 Å². The van der Waals surface area contributed by atoms with E-state index in [0.29, 0.717) is 0 Å². The molecule has 4 aromatic carbocycles. The second-order valence-electron chi connectivity index (χ2n) is 12.1. The van der Waals surface area contributed by atoms with Gasteiger partial charge in [0.1, 0.15) is 0 Å². The van der Waals surface area contributed by atoms with Crippen LogP contribution < -0.4 is 0 Å². The van der Waals surface area contributed by atoms with Gasteiger partial charge in [0.15, 0.2) is 0 Å². The van der Waals surface area contributed by atoms with Crippen molar-refractivity contribution < 1.29 is 20.1 Å². The van der Waals surface area contributed by atoms with Gasteiger partial charge in [-0.15, -0.1) is 65.2 Å². The maximum Gasteiger partial charge on any atom is 0.0788 e. The number of aryl methyl sites for hydroxylation is 4. The van der Waals surface area contributed by atoms with Crippen molar-refractivity contribution in [2.45, 2.75) is 27.7 Å². The van der Waals surface area contributed by atoms with Crippen LogP contribution in [0.15, 0.2) is 134 Å². The van der Waals surface area contributed by atoms with Crippen LogP contribution in [-0.2, 0) is 20.1 Å². The summed E-state index contributed by atoms with van der Waals surface area (Å²) in [5.41, 5.74) is 15.2. The smallest absolute Gasteiger partial charge is 0.0788 e. The maximum atomic E-state index is 4.90. The molecule has 8 rings (SSSR count). The molecule has 0 bridgehead atoms. The molecule has 4 heterocycles. The van der Waals surface area contributed by atoms with Crippen LogP contribution >= 0.6 is 0 Å². The first-order chi connectivity index (χ1) is 23.4. The summed E-state index contributed by atoms with van der Waals surface area (Å²) in [4.78, 5) is 18.4. The molecule has 8 aromatic rings. The van der Waals surface area contributed by atoms with Crippen LogP contribution in [0.25, 0.3) is 66.6 Å². The number of rotatable bonds is 4. The van der Waals surface area contributed by atoms with Crippen molar-refractivity contribution in [1.82, 2.24) is 19.9 Å². The summed E-state index contributed by atoms with van der Waals surface area (Å²) in [5, 5.41) is 2.29. The van der Waals surface area contributed by atoms with E-state index in [4.69, 9.17) is 9.97 Å². The van der Waals surface area contributed by atoms with Gasteiger partial charge in [0.2, 0.25) is 0 Å². The maximum absolute atomic E-state index is 4.90. The van der Waals surface area contributed by atoms with Crippen molar-refractivity contribution in [2.75, 3.05) is 0 Å². The molecular weight excluding hydrogens is 777 g/mol. The summed E-state index contributed by atoms with van der Waals surface area (Å²) in [7, 11) is 0. The van der Waals surface area contributed by atoms with Gasteiger partial charge in [-0.1, -0.05) is 48.9 Å². The van der Waals surface area contributed by atoms with Gasteiger partial charge in [-0.3, -0.25) is 9.97 Å². The average molecular weight is 811 g/mol. The molecule has 0 spiro atoms. The van der Waals surface area contributed by atoms with Crippen LogP contribution in [0.4, 0.5) is 0 Å². The quantitative estimate of drug-likeness (QED) is 0.131. The number of fused-ring (bicyclic) bond motifs is 3. The van der Waals surface area contributed by atoms with E-state index in [1.807, 2.05) is 79.3 Å². The van der Waals surface area contributed by atoms with Crippen LogP contribution in [0.2, 0.25) is 0 Å². The Bertz CT molecular complexity index is 2340. The summed E-state index contributed by atoms with van der Waals surface area (Å²) >= 11 is 0. The first-order valence-corrected chi connectivity index (χ1v) is 16.0. The second-order valence-corrected chi connectivity index (χ2v) is 12.1. The van der Waals surface area contributed by atoms with E-state index >= 15 is 0 Å². The molecule has 4 nitrogen and oxygen atoms in total. The zero-order chi connectivity index (χ0) is 33.0. The molecule has 241 valence electrons. The van der Waals surface area contributed by atoms with Crippen molar-refractivity contribution >= 4 is 21.8 Å². The van der Waals surface area contributed by atoms with Gasteiger partial charge in [0.05, 0.1) is 11.0 Å². The van der Waals surface area contributed by atoms with Crippen molar-refractivity contribution in [3.63, 3.8) is 0 Å². The van der Waals surface area contributed by atoms with Crippen LogP contribution in [-0.4, -0.2) is 19.9 Å². The summed E-state index contributed by atoms with van der Waals surface area (Å²) < 4.78 is 0. The normalized spacial score (nSPS) is 10.7. The Hall–Kier alpha value is -5.35. The third-order valence-electron chi connectivity index (χ3n) is 8.35. The molecule has 0 saturated heterocycles. The fraction of sp³-hybridized carbons (Fsp3) is 0.0909. The minimum atomic E-state index is 0. The molecule has 0 aliphatic rings. The van der Waals surface area contributed by atoms with Crippen LogP contribution in [0.3, 0.4) is 0 Å². The first-order valence-electron chi connectivity index (χ1n) is 16.0. The van der Waals surface area contributed by atoms with Gasteiger partial charge >= 0.3 is 0 Å². The van der Waals surface area contributed by atoms with E-state index in [1.165, 1.54) is 22.3 Å². The van der Waals surface area contributed by atoms with Crippen molar-refractivity contribution in [1.29, 1.82) is 0 Å². The first kappa shape index (κ1) is 33.5. The van der Waals surface area contributed by atoms with Crippen molar-refractivity contribution in [3.8, 4) is 44.8 Å². The molecule has 0 aliphatic heterocycles. The minimum Gasteiger partial charge on any atom is -0.305 e. The van der Waals surface area contributed by atoms with Crippen LogP contribution in [0.5, 0.6) is 0 Å². The molecule has 0 amide bonds. The summed E-state index contributed by atoms with van der Waals surface area (Å²) in [6.07, 6.45) is 7.50. The Kier molecular flexibility index (Phi) is 10.1. The minimum absolute atomic E-state index is 0. The molecule has 0 fully saturated rings. The number of pyridine rings is 4. The summed E-state index contributed by atoms with van der Waals surface area (Å²) in [6.45, 7) is 8.46. The van der Waals surface area contributed by atoms with Gasteiger partial charge in [-0.2, -0.15) is 0 Å². The zero-order valence-corrected chi connectivity index (χ0v) is 30.2. The second kappa shape index (κ2) is 14.8. The Balaban J connectivity index is 0.000000270. The largest absolute Gasteiger partial charge is 0.305 e. The van der Waals surface area contributed by atoms with Crippen LogP contribution in [0, 0.1) is 39.8 Å². The number of nitrogens with zero attached hydrogens (tertiary/aromatic N) is 4. The predicted octanol–water partition coefficient (Wildman–Crippen LogP) is 10.8. The number of hydrogen-bond acceptors (Lipinski definition) is 4. The monoisotopic (exact) mass is 811 g/mol. The summed E-state index contributed by atoms with van der Waals surface area (Å²) in [5.74, 6) is 0. The van der Waals surface area contributed by atoms with E-state index in [2.05, 4.69) is 98.3 Å². The Morgan fingerprint density at radius 2 is 1.16 bits per heavy atom. The zero-order valence-electron chi connectivity index (χ0n) is 27.8. The Morgan fingerprint density at radius 1 is 0.510 bits per heavy atom. The van der Waals surface area contributed by atoms with E-state index in [0.717, 1.165) is 66.6 Å². The predicted molar refractivity (Wildman–Crippen MR) is 197 cm³/mol. The topological polar surface area (TPSA) is 51.6 Å². The average Bonchev–Trinajstić information content (AvgIpc) is 3.12. The van der Waals surface area contributed by atoms with Gasteiger partial charge in [-0.25, -0.2) is 0 Å². The molecule has 4 aromatic heterocycles. The Morgan fingerprint density at radius 3 is 1.84 bits per heavy atom. The fourth-order valence-electron chi connectivity index (χ4n) is 6.04. The molecule has 1 radical (unpaired) electrons. The van der Waals surface area contributed by atoms with E-state index < -0.39 is 0 Å². The molecular formula is C44H34IrN4-2. The third kappa shape index (κ3) is 7.39. The molecule has 0 unspecified atom stereocenters. The molecule has 0 saturated carbocycles. The summed E-state index contributed by atoms with van der Waals surface area (Å²) in [6, 6.07) is 43.8. The number of aromatic nitrogens is 4. The number of benzene rings is 4. The Labute approximate surface area is 301 Å². The number of hydrogen-bond donors (Lipinski definition) is 0. The standard InChI is InChI=1S/C33H26N3.C11H8N.Ir/c1-20-11-25(27-16-24(9-8-23(27)4)31-7-5-6-10-34-31)15-26(12-20)28-17-32-29(13-21(2)18-35-32)30-14-22(3)19-36-33(28)30;1-2-6-10(7-3-1)11-8-4-5-9-12-11;/h5-8,10-19H,1-4H3;1-6,8-9H;/q2*-1;. The van der Waals surface area contributed by atoms with E-state index in [9.17, 15) is 0 Å². The van der Waals surface area contributed by atoms with Gasteiger partial charge in [0.25, 0.3) is 0 Å². The van der Waals surface area contributed by atoms with Gasteiger partial charge < -0.3 is 9.97 Å². The van der Waals surface area contributed by atoms with Gasteiger partial charge in [0, 0.05) is 61.2 Å².